The van der Waals surface area contributed by atoms with E-state index in [4.69, 9.17) is 4.74 Å². The van der Waals surface area contributed by atoms with Crippen molar-refractivity contribution in [2.75, 3.05) is 19.7 Å². The van der Waals surface area contributed by atoms with Crippen LogP contribution in [0.5, 0.6) is 5.75 Å². The van der Waals surface area contributed by atoms with Gasteiger partial charge < -0.3 is 10.1 Å². The van der Waals surface area contributed by atoms with Crippen molar-refractivity contribution in [2.24, 2.45) is 0 Å². The van der Waals surface area contributed by atoms with Crippen LogP contribution in [-0.2, 0) is 10.0 Å². The van der Waals surface area contributed by atoms with E-state index in [-0.39, 0.29) is 4.90 Å². The van der Waals surface area contributed by atoms with Crippen molar-refractivity contribution in [2.45, 2.75) is 38.1 Å². The quantitative estimate of drug-likeness (QED) is 0.647. The van der Waals surface area contributed by atoms with Crippen LogP contribution in [0.25, 0.3) is 0 Å². The van der Waals surface area contributed by atoms with Crippen LogP contribution in [0.3, 0.4) is 0 Å². The van der Waals surface area contributed by atoms with E-state index in [9.17, 15) is 8.42 Å². The molecule has 0 aliphatic rings. The van der Waals surface area contributed by atoms with Gasteiger partial charge in [0.05, 0.1) is 6.61 Å². The van der Waals surface area contributed by atoms with Gasteiger partial charge in [-0.05, 0) is 38.1 Å². The summed E-state index contributed by atoms with van der Waals surface area (Å²) in [4.78, 5) is 0.163. The van der Waals surface area contributed by atoms with Gasteiger partial charge in [-0.3, -0.25) is 0 Å². The molecule has 7 heteroatoms. The third-order valence-electron chi connectivity index (χ3n) is 2.69. The molecule has 0 bridgehead atoms. The van der Waals surface area contributed by atoms with Crippen LogP contribution < -0.4 is 14.8 Å². The van der Waals surface area contributed by atoms with Crippen molar-refractivity contribution >= 4 is 26.0 Å². The van der Waals surface area contributed by atoms with Gasteiger partial charge in [0, 0.05) is 17.1 Å². The molecule has 1 aromatic carbocycles. The van der Waals surface area contributed by atoms with Crippen LogP contribution in [0.15, 0.2) is 27.6 Å². The number of rotatable bonds is 9. The molecular weight excluding hydrogens is 356 g/mol. The van der Waals surface area contributed by atoms with Gasteiger partial charge in [0.25, 0.3) is 0 Å². The maximum Gasteiger partial charge on any atom is 0.244 e. The fourth-order valence-electron chi connectivity index (χ4n) is 1.73. The molecule has 1 aromatic rings. The molecule has 120 valence electrons. The summed E-state index contributed by atoms with van der Waals surface area (Å²) in [6.45, 7) is 7.52. The third-order valence-corrected chi connectivity index (χ3v) is 4.67. The van der Waals surface area contributed by atoms with Crippen LogP contribution in [0.2, 0.25) is 0 Å². The molecule has 0 radical (unpaired) electrons. The molecule has 21 heavy (non-hydrogen) atoms. The summed E-state index contributed by atoms with van der Waals surface area (Å²) in [5, 5.41) is 3.25. The SMILES string of the molecule is CCOc1ccc(Br)cc1S(=O)(=O)NCCCNC(C)C. The molecule has 0 aromatic heterocycles. The Morgan fingerprint density at radius 2 is 2.00 bits per heavy atom. The van der Waals surface area contributed by atoms with E-state index in [1.807, 2.05) is 6.92 Å². The number of hydrogen-bond donors (Lipinski definition) is 2. The Hall–Kier alpha value is -0.630. The van der Waals surface area contributed by atoms with Gasteiger partial charge in [0.1, 0.15) is 10.6 Å². The molecule has 0 aliphatic carbocycles. The van der Waals surface area contributed by atoms with E-state index in [1.165, 1.54) is 0 Å². The summed E-state index contributed by atoms with van der Waals surface area (Å²) < 4.78 is 33.4. The molecule has 5 nitrogen and oxygen atoms in total. The molecular formula is C14H23BrN2O3S. The summed E-state index contributed by atoms with van der Waals surface area (Å²) in [7, 11) is -3.57. The smallest absolute Gasteiger partial charge is 0.244 e. The Labute approximate surface area is 135 Å². The Kier molecular flexibility index (Phi) is 7.65. The first-order valence-electron chi connectivity index (χ1n) is 7.02. The Balaban J connectivity index is 2.71. The zero-order chi connectivity index (χ0) is 15.9. The van der Waals surface area contributed by atoms with Gasteiger partial charge in [0.15, 0.2) is 0 Å². The monoisotopic (exact) mass is 378 g/mol. The van der Waals surface area contributed by atoms with Crippen LogP contribution in [0.1, 0.15) is 27.2 Å². The average molecular weight is 379 g/mol. The first-order valence-corrected chi connectivity index (χ1v) is 9.30. The molecule has 0 amide bonds. The normalized spacial score (nSPS) is 11.9. The Morgan fingerprint density at radius 1 is 1.29 bits per heavy atom. The number of sulfonamides is 1. The lowest BCUT2D eigenvalue weighted by Gasteiger charge is -2.13. The number of halogens is 1. The molecule has 0 atom stereocenters. The van der Waals surface area contributed by atoms with E-state index in [0.29, 0.717) is 29.4 Å². The van der Waals surface area contributed by atoms with Gasteiger partial charge >= 0.3 is 0 Å². The third kappa shape index (κ3) is 6.34. The summed E-state index contributed by atoms with van der Waals surface area (Å²) in [6.07, 6.45) is 0.732. The van der Waals surface area contributed by atoms with Gasteiger partial charge in [-0.1, -0.05) is 29.8 Å². The minimum Gasteiger partial charge on any atom is -0.492 e. The summed E-state index contributed by atoms with van der Waals surface area (Å²) in [5.74, 6) is 0.369. The predicted molar refractivity (Wildman–Crippen MR) is 88.3 cm³/mol. The van der Waals surface area contributed by atoms with Crippen molar-refractivity contribution in [3.63, 3.8) is 0 Å². The van der Waals surface area contributed by atoms with Crippen molar-refractivity contribution in [3.05, 3.63) is 22.7 Å². The second kappa shape index (κ2) is 8.73. The highest BCUT2D eigenvalue weighted by atomic mass is 79.9. The van der Waals surface area contributed by atoms with E-state index >= 15 is 0 Å². The van der Waals surface area contributed by atoms with Crippen LogP contribution in [0.4, 0.5) is 0 Å². The molecule has 0 spiro atoms. The van der Waals surface area contributed by atoms with Crippen molar-refractivity contribution in [1.29, 1.82) is 0 Å². The van der Waals surface area contributed by atoms with Crippen LogP contribution in [0, 0.1) is 0 Å². The summed E-state index contributed by atoms with van der Waals surface area (Å²) in [6, 6.07) is 5.37. The lowest BCUT2D eigenvalue weighted by atomic mass is 10.3. The maximum absolute atomic E-state index is 12.3. The van der Waals surface area contributed by atoms with Crippen molar-refractivity contribution in [3.8, 4) is 5.75 Å². The maximum atomic E-state index is 12.3. The molecule has 0 heterocycles. The molecule has 0 fully saturated rings. The summed E-state index contributed by atoms with van der Waals surface area (Å²) in [5.41, 5.74) is 0. The fraction of sp³-hybridized carbons (Fsp3) is 0.571. The molecule has 0 saturated carbocycles. The molecule has 0 saturated heterocycles. The van der Waals surface area contributed by atoms with E-state index in [1.54, 1.807) is 18.2 Å². The van der Waals surface area contributed by atoms with E-state index < -0.39 is 10.0 Å². The van der Waals surface area contributed by atoms with E-state index in [0.717, 1.165) is 13.0 Å². The van der Waals surface area contributed by atoms with Gasteiger partial charge in [0.2, 0.25) is 10.0 Å². The standard InChI is InChI=1S/C14H23BrN2O3S/c1-4-20-13-7-6-12(15)10-14(13)21(18,19)17-9-5-8-16-11(2)3/h6-7,10-11,16-17H,4-5,8-9H2,1-3H3. The van der Waals surface area contributed by atoms with Crippen LogP contribution >= 0.6 is 15.9 Å². The number of benzene rings is 1. The first kappa shape index (κ1) is 18.4. The summed E-state index contributed by atoms with van der Waals surface area (Å²) >= 11 is 3.29. The minimum absolute atomic E-state index is 0.163. The second-order valence-corrected chi connectivity index (χ2v) is 7.54. The fourth-order valence-corrected chi connectivity index (χ4v) is 3.49. The van der Waals surface area contributed by atoms with Crippen molar-refractivity contribution < 1.29 is 13.2 Å². The average Bonchev–Trinajstić information content (AvgIpc) is 2.40. The van der Waals surface area contributed by atoms with Gasteiger partial charge in [-0.2, -0.15) is 0 Å². The van der Waals surface area contributed by atoms with Gasteiger partial charge in [-0.15, -0.1) is 0 Å². The molecule has 1 rings (SSSR count). The Morgan fingerprint density at radius 3 is 2.62 bits per heavy atom. The molecule has 2 N–H and O–H groups in total. The highest BCUT2D eigenvalue weighted by molar-refractivity contribution is 9.10. The largest absolute Gasteiger partial charge is 0.492 e. The van der Waals surface area contributed by atoms with Gasteiger partial charge in [-0.25, -0.2) is 13.1 Å². The minimum atomic E-state index is -3.57. The lowest BCUT2D eigenvalue weighted by Crippen LogP contribution is -2.30. The first-order chi connectivity index (χ1) is 9.86. The van der Waals surface area contributed by atoms with Crippen LogP contribution in [-0.4, -0.2) is 34.2 Å². The molecule has 0 unspecified atom stereocenters. The number of hydrogen-bond acceptors (Lipinski definition) is 4. The highest BCUT2D eigenvalue weighted by Crippen LogP contribution is 2.27. The second-order valence-electron chi connectivity index (χ2n) is 4.88. The molecule has 0 aliphatic heterocycles. The number of nitrogens with one attached hydrogen (secondary N) is 2. The zero-order valence-electron chi connectivity index (χ0n) is 12.6. The van der Waals surface area contributed by atoms with Crippen molar-refractivity contribution in [1.82, 2.24) is 10.0 Å². The lowest BCUT2D eigenvalue weighted by molar-refractivity contribution is 0.331. The number of ether oxygens (including phenoxy) is 1. The highest BCUT2D eigenvalue weighted by Gasteiger charge is 2.19. The topological polar surface area (TPSA) is 67.4 Å². The predicted octanol–water partition coefficient (Wildman–Crippen LogP) is 2.51. The van der Waals surface area contributed by atoms with E-state index in [2.05, 4.69) is 39.8 Å². The zero-order valence-corrected chi connectivity index (χ0v) is 15.1. The Bertz CT molecular complexity index is 547.